The highest BCUT2D eigenvalue weighted by molar-refractivity contribution is 5.34. The van der Waals surface area contributed by atoms with Crippen molar-refractivity contribution in [2.45, 2.75) is 12.1 Å². The lowest BCUT2D eigenvalue weighted by Crippen LogP contribution is -2.20. The van der Waals surface area contributed by atoms with Crippen LogP contribution in [-0.4, -0.2) is 34.6 Å². The molecular formula is C12H13FN6O. The number of azide groups is 1. The molecule has 0 aliphatic rings. The molecule has 2 rings (SSSR count). The van der Waals surface area contributed by atoms with E-state index in [2.05, 4.69) is 20.1 Å². The molecule has 2 atom stereocenters. The molecule has 0 aliphatic heterocycles. The van der Waals surface area contributed by atoms with Gasteiger partial charge in [0, 0.05) is 12.0 Å². The SMILES string of the molecule is CO[C@H](c1ccc(-n2cncn2)cc1)C(CF)N=[N+]=[N-]. The molecule has 0 fully saturated rings. The lowest BCUT2D eigenvalue weighted by Gasteiger charge is -2.20. The molecule has 2 aromatic rings. The molecule has 1 aromatic carbocycles. The van der Waals surface area contributed by atoms with Crippen LogP contribution in [0.5, 0.6) is 0 Å². The number of halogens is 1. The Balaban J connectivity index is 2.25. The van der Waals surface area contributed by atoms with Gasteiger partial charge in [-0.25, -0.2) is 9.67 Å². The van der Waals surface area contributed by atoms with Crippen molar-refractivity contribution >= 4 is 0 Å². The first kappa shape index (κ1) is 14.0. The number of hydrogen-bond donors (Lipinski definition) is 0. The second kappa shape index (κ2) is 6.65. The highest BCUT2D eigenvalue weighted by Gasteiger charge is 2.22. The zero-order valence-electron chi connectivity index (χ0n) is 10.8. The van der Waals surface area contributed by atoms with E-state index in [-0.39, 0.29) is 0 Å². The highest BCUT2D eigenvalue weighted by atomic mass is 19.1. The molecule has 8 heteroatoms. The number of methoxy groups -OCH3 is 1. The van der Waals surface area contributed by atoms with Gasteiger partial charge in [0.25, 0.3) is 0 Å². The van der Waals surface area contributed by atoms with Crippen LogP contribution in [0.25, 0.3) is 16.1 Å². The van der Waals surface area contributed by atoms with Gasteiger partial charge in [0.2, 0.25) is 0 Å². The lowest BCUT2D eigenvalue weighted by molar-refractivity contribution is 0.0722. The monoisotopic (exact) mass is 276 g/mol. The van der Waals surface area contributed by atoms with Crippen LogP contribution in [0.2, 0.25) is 0 Å². The van der Waals surface area contributed by atoms with Gasteiger partial charge in [0.05, 0.1) is 17.8 Å². The van der Waals surface area contributed by atoms with E-state index in [1.807, 2.05) is 0 Å². The average Bonchev–Trinajstić information content (AvgIpc) is 3.02. The Labute approximate surface area is 114 Å². The van der Waals surface area contributed by atoms with E-state index in [0.717, 1.165) is 11.3 Å². The molecule has 104 valence electrons. The quantitative estimate of drug-likeness (QED) is 0.461. The van der Waals surface area contributed by atoms with E-state index in [9.17, 15) is 4.39 Å². The molecule has 0 saturated carbocycles. The van der Waals surface area contributed by atoms with Gasteiger partial charge in [-0.2, -0.15) is 5.10 Å². The van der Waals surface area contributed by atoms with Crippen molar-refractivity contribution in [2.75, 3.05) is 13.8 Å². The molecule has 0 N–H and O–H groups in total. The van der Waals surface area contributed by atoms with Crippen LogP contribution in [-0.2, 0) is 4.74 Å². The van der Waals surface area contributed by atoms with Crippen molar-refractivity contribution in [3.63, 3.8) is 0 Å². The maximum absolute atomic E-state index is 12.9. The van der Waals surface area contributed by atoms with E-state index in [1.54, 1.807) is 35.3 Å². The van der Waals surface area contributed by atoms with E-state index in [4.69, 9.17) is 10.3 Å². The third-order valence-electron chi connectivity index (χ3n) is 2.87. The fraction of sp³-hybridized carbons (Fsp3) is 0.333. The van der Waals surface area contributed by atoms with Crippen molar-refractivity contribution in [1.82, 2.24) is 14.8 Å². The Morgan fingerprint density at radius 3 is 2.70 bits per heavy atom. The molecule has 0 amide bonds. The van der Waals surface area contributed by atoms with E-state index in [0.29, 0.717) is 0 Å². The van der Waals surface area contributed by atoms with Gasteiger partial charge in [-0.1, -0.05) is 17.2 Å². The summed E-state index contributed by atoms with van der Waals surface area (Å²) in [6.07, 6.45) is 2.39. The van der Waals surface area contributed by atoms with Crippen molar-refractivity contribution in [2.24, 2.45) is 5.11 Å². The minimum absolute atomic E-state index is 0.624. The Bertz CT molecular complexity index is 579. The molecule has 0 aliphatic carbocycles. The standard InChI is InChI=1S/C12H13FN6O/c1-20-12(11(6-13)17-18-14)9-2-4-10(5-3-9)19-8-15-7-16-19/h2-5,7-8,11-12H,6H2,1H3/t11?,12-/m1/s1. The van der Waals surface area contributed by atoms with Crippen LogP contribution in [0.1, 0.15) is 11.7 Å². The van der Waals surface area contributed by atoms with Crippen LogP contribution in [0, 0.1) is 0 Å². The Kier molecular flexibility index (Phi) is 4.65. The molecule has 20 heavy (non-hydrogen) atoms. The fourth-order valence-electron chi connectivity index (χ4n) is 1.91. The summed E-state index contributed by atoms with van der Waals surface area (Å²) < 4.78 is 19.7. The summed E-state index contributed by atoms with van der Waals surface area (Å²) in [5.74, 6) is 0. The molecular weight excluding hydrogens is 263 g/mol. The normalized spacial score (nSPS) is 13.5. The van der Waals surface area contributed by atoms with Gasteiger partial charge in [0.1, 0.15) is 19.3 Å². The minimum atomic E-state index is -0.887. The van der Waals surface area contributed by atoms with Gasteiger partial charge < -0.3 is 4.74 Å². The summed E-state index contributed by atoms with van der Waals surface area (Å²) in [4.78, 5) is 6.50. The van der Waals surface area contributed by atoms with Crippen LogP contribution in [0.4, 0.5) is 4.39 Å². The maximum Gasteiger partial charge on any atom is 0.138 e. The average molecular weight is 276 g/mol. The first-order valence-electron chi connectivity index (χ1n) is 5.88. The number of ether oxygens (including phenoxy) is 1. The molecule has 1 unspecified atom stereocenters. The third kappa shape index (κ3) is 2.93. The maximum atomic E-state index is 12.9. The zero-order valence-corrected chi connectivity index (χ0v) is 10.8. The van der Waals surface area contributed by atoms with E-state index >= 15 is 0 Å². The molecule has 7 nitrogen and oxygen atoms in total. The van der Waals surface area contributed by atoms with Crippen molar-refractivity contribution in [3.8, 4) is 5.69 Å². The largest absolute Gasteiger partial charge is 0.376 e. The van der Waals surface area contributed by atoms with Crippen molar-refractivity contribution < 1.29 is 9.13 Å². The van der Waals surface area contributed by atoms with E-state index in [1.165, 1.54) is 13.4 Å². The summed E-state index contributed by atoms with van der Waals surface area (Å²) in [5.41, 5.74) is 9.99. The van der Waals surface area contributed by atoms with Crippen LogP contribution < -0.4 is 0 Å². The Morgan fingerprint density at radius 1 is 1.45 bits per heavy atom. The lowest BCUT2D eigenvalue weighted by atomic mass is 10.0. The summed E-state index contributed by atoms with van der Waals surface area (Å²) in [7, 11) is 1.45. The molecule has 1 heterocycles. The molecule has 0 radical (unpaired) electrons. The second-order valence-electron chi connectivity index (χ2n) is 4.01. The number of rotatable bonds is 6. The number of nitrogens with zero attached hydrogens (tertiary/aromatic N) is 6. The molecule has 0 bridgehead atoms. The van der Waals surface area contributed by atoms with Crippen molar-refractivity contribution in [1.29, 1.82) is 0 Å². The van der Waals surface area contributed by atoms with Gasteiger partial charge >= 0.3 is 0 Å². The molecule has 0 spiro atoms. The van der Waals surface area contributed by atoms with Gasteiger partial charge in [-0.05, 0) is 23.2 Å². The summed E-state index contributed by atoms with van der Waals surface area (Å²) >= 11 is 0. The predicted molar refractivity (Wildman–Crippen MR) is 70.0 cm³/mol. The van der Waals surface area contributed by atoms with Gasteiger partial charge in [0.15, 0.2) is 0 Å². The zero-order chi connectivity index (χ0) is 14.4. The first-order valence-corrected chi connectivity index (χ1v) is 5.88. The Hall–Kier alpha value is -2.44. The smallest absolute Gasteiger partial charge is 0.138 e. The van der Waals surface area contributed by atoms with Crippen molar-refractivity contribution in [3.05, 3.63) is 52.9 Å². The summed E-state index contributed by atoms with van der Waals surface area (Å²) in [6.45, 7) is -0.784. The van der Waals surface area contributed by atoms with Crippen LogP contribution in [0.3, 0.4) is 0 Å². The fourth-order valence-corrected chi connectivity index (χ4v) is 1.91. The number of hydrogen-bond acceptors (Lipinski definition) is 4. The van der Waals surface area contributed by atoms with E-state index < -0.39 is 18.8 Å². The molecule has 1 aromatic heterocycles. The topological polar surface area (TPSA) is 88.7 Å². The number of aromatic nitrogens is 3. The second-order valence-corrected chi connectivity index (χ2v) is 4.01. The Morgan fingerprint density at radius 2 is 2.20 bits per heavy atom. The van der Waals surface area contributed by atoms with Crippen LogP contribution in [0.15, 0.2) is 42.0 Å². The van der Waals surface area contributed by atoms with Crippen LogP contribution >= 0.6 is 0 Å². The predicted octanol–water partition coefficient (Wildman–Crippen LogP) is 2.60. The van der Waals surface area contributed by atoms with Gasteiger partial charge in [-0.3, -0.25) is 4.39 Å². The highest BCUT2D eigenvalue weighted by Crippen LogP contribution is 2.24. The minimum Gasteiger partial charge on any atom is -0.376 e. The first-order chi connectivity index (χ1) is 9.80. The van der Waals surface area contributed by atoms with Gasteiger partial charge in [-0.15, -0.1) is 0 Å². The summed E-state index contributed by atoms with van der Waals surface area (Å²) in [5, 5.41) is 7.43. The third-order valence-corrected chi connectivity index (χ3v) is 2.87. The number of benzene rings is 1. The summed E-state index contributed by atoms with van der Waals surface area (Å²) in [6, 6.07) is 6.28. The number of alkyl halides is 1. The molecule has 0 saturated heterocycles.